The van der Waals surface area contributed by atoms with Crippen molar-refractivity contribution in [1.29, 1.82) is 0 Å². The smallest absolute Gasteiger partial charge is 0.330 e. The van der Waals surface area contributed by atoms with Gasteiger partial charge in [0.2, 0.25) is 0 Å². The van der Waals surface area contributed by atoms with Crippen molar-refractivity contribution in [2.24, 2.45) is 0 Å². The van der Waals surface area contributed by atoms with Crippen LogP contribution in [0.1, 0.15) is 6.42 Å². The first-order valence-corrected chi connectivity index (χ1v) is 4.90. The number of carbonyl (C=O) groups excluding carboxylic acids is 1. The highest BCUT2D eigenvalue weighted by Gasteiger charge is 2.10. The SMILES string of the molecule is C=CC(=O)OCCCS(O)(O)O. The Morgan fingerprint density at radius 2 is 2.08 bits per heavy atom. The molecule has 0 aliphatic heterocycles. The molecule has 0 aliphatic rings. The van der Waals surface area contributed by atoms with Gasteiger partial charge in [0.1, 0.15) is 0 Å². The molecule has 0 aromatic heterocycles. The third-order valence-corrected chi connectivity index (χ3v) is 1.81. The van der Waals surface area contributed by atoms with Crippen molar-refractivity contribution in [1.82, 2.24) is 0 Å². The second-order valence-electron chi connectivity index (χ2n) is 2.06. The molecule has 0 rings (SSSR count). The molecule has 6 heteroatoms. The summed E-state index contributed by atoms with van der Waals surface area (Å²) < 4.78 is 29.9. The fourth-order valence-corrected chi connectivity index (χ4v) is 0.989. The summed E-state index contributed by atoms with van der Waals surface area (Å²) in [5.41, 5.74) is 0. The highest BCUT2D eigenvalue weighted by molar-refractivity contribution is 8.19. The van der Waals surface area contributed by atoms with Crippen molar-refractivity contribution in [2.45, 2.75) is 6.42 Å². The maximum Gasteiger partial charge on any atom is 0.330 e. The van der Waals surface area contributed by atoms with Crippen molar-refractivity contribution >= 4 is 16.8 Å². The molecular formula is C6H12O5S. The zero-order chi connectivity index (χ0) is 9.61. The van der Waals surface area contributed by atoms with E-state index in [9.17, 15) is 4.79 Å². The summed E-state index contributed by atoms with van der Waals surface area (Å²) >= 11 is 0. The van der Waals surface area contributed by atoms with Gasteiger partial charge in [0.25, 0.3) is 0 Å². The van der Waals surface area contributed by atoms with Crippen molar-refractivity contribution < 1.29 is 23.2 Å². The van der Waals surface area contributed by atoms with Crippen LogP contribution in [-0.4, -0.2) is 32.0 Å². The average Bonchev–Trinajstić information content (AvgIpc) is 1.96. The Labute approximate surface area is 72.2 Å². The lowest BCUT2D eigenvalue weighted by atomic mass is 10.5. The fourth-order valence-electron chi connectivity index (χ4n) is 0.484. The third kappa shape index (κ3) is 7.55. The van der Waals surface area contributed by atoms with Gasteiger partial charge < -0.3 is 18.4 Å². The van der Waals surface area contributed by atoms with E-state index in [2.05, 4.69) is 11.3 Å². The average molecular weight is 196 g/mol. The van der Waals surface area contributed by atoms with Crippen LogP contribution in [-0.2, 0) is 9.53 Å². The quantitative estimate of drug-likeness (QED) is 0.351. The lowest BCUT2D eigenvalue weighted by molar-refractivity contribution is -0.137. The van der Waals surface area contributed by atoms with E-state index in [0.717, 1.165) is 6.08 Å². The predicted octanol–water partition coefficient (Wildman–Crippen LogP) is 1.33. The van der Waals surface area contributed by atoms with Gasteiger partial charge in [0.05, 0.1) is 17.5 Å². The van der Waals surface area contributed by atoms with Crippen LogP contribution in [0.5, 0.6) is 0 Å². The lowest BCUT2D eigenvalue weighted by Gasteiger charge is -2.17. The van der Waals surface area contributed by atoms with E-state index >= 15 is 0 Å². The number of ether oxygens (including phenoxy) is 1. The summed E-state index contributed by atoms with van der Waals surface area (Å²) in [7, 11) is -3.45. The van der Waals surface area contributed by atoms with Crippen LogP contribution in [0.15, 0.2) is 12.7 Å². The van der Waals surface area contributed by atoms with Gasteiger partial charge >= 0.3 is 5.97 Å². The molecule has 0 aliphatic carbocycles. The first-order chi connectivity index (χ1) is 5.45. The summed E-state index contributed by atoms with van der Waals surface area (Å²) in [6.07, 6.45) is 1.22. The molecular weight excluding hydrogens is 184 g/mol. The van der Waals surface area contributed by atoms with Crippen molar-refractivity contribution in [3.63, 3.8) is 0 Å². The van der Waals surface area contributed by atoms with Crippen molar-refractivity contribution in [3.05, 3.63) is 12.7 Å². The Hall–Kier alpha value is -0.560. The fraction of sp³-hybridized carbons (Fsp3) is 0.500. The Balaban J connectivity index is 3.34. The molecule has 0 fully saturated rings. The lowest BCUT2D eigenvalue weighted by Crippen LogP contribution is -2.07. The Morgan fingerprint density at radius 3 is 2.50 bits per heavy atom. The highest BCUT2D eigenvalue weighted by atomic mass is 32.3. The number of rotatable bonds is 5. The first kappa shape index (κ1) is 11.4. The van der Waals surface area contributed by atoms with Gasteiger partial charge in [-0.05, 0) is 6.42 Å². The summed E-state index contributed by atoms with van der Waals surface area (Å²) in [5.74, 6) is -0.748. The topological polar surface area (TPSA) is 87.0 Å². The number of carbonyl (C=O) groups is 1. The molecule has 0 heterocycles. The van der Waals surface area contributed by atoms with Gasteiger partial charge in [0.15, 0.2) is 0 Å². The number of esters is 1. The maximum absolute atomic E-state index is 10.4. The van der Waals surface area contributed by atoms with E-state index in [0.29, 0.717) is 0 Å². The minimum atomic E-state index is -3.45. The monoisotopic (exact) mass is 196 g/mol. The molecule has 0 aromatic rings. The van der Waals surface area contributed by atoms with Crippen LogP contribution >= 0.6 is 10.9 Å². The minimum Gasteiger partial charge on any atom is -0.463 e. The molecule has 0 aromatic carbocycles. The van der Waals surface area contributed by atoms with E-state index in [-0.39, 0.29) is 18.8 Å². The van der Waals surface area contributed by atoms with Crippen LogP contribution in [0.25, 0.3) is 0 Å². The van der Waals surface area contributed by atoms with Crippen LogP contribution in [0.4, 0.5) is 0 Å². The molecule has 0 atom stereocenters. The van der Waals surface area contributed by atoms with Crippen LogP contribution in [0, 0.1) is 0 Å². The van der Waals surface area contributed by atoms with Gasteiger partial charge in [-0.2, -0.15) is 0 Å². The van der Waals surface area contributed by atoms with E-state index < -0.39 is 16.8 Å². The Morgan fingerprint density at radius 1 is 1.50 bits per heavy atom. The van der Waals surface area contributed by atoms with Crippen LogP contribution < -0.4 is 0 Å². The molecule has 0 radical (unpaired) electrons. The molecule has 5 nitrogen and oxygen atoms in total. The molecule has 12 heavy (non-hydrogen) atoms. The first-order valence-electron chi connectivity index (χ1n) is 3.23. The molecule has 3 N–H and O–H groups in total. The molecule has 0 bridgehead atoms. The highest BCUT2D eigenvalue weighted by Crippen LogP contribution is 2.32. The van der Waals surface area contributed by atoms with Gasteiger partial charge in [-0.1, -0.05) is 6.58 Å². The van der Waals surface area contributed by atoms with Gasteiger partial charge in [-0.3, -0.25) is 0 Å². The van der Waals surface area contributed by atoms with Gasteiger partial charge in [0, 0.05) is 11.8 Å². The molecule has 0 unspecified atom stereocenters. The van der Waals surface area contributed by atoms with Gasteiger partial charge in [-0.25, -0.2) is 4.79 Å². The largest absolute Gasteiger partial charge is 0.463 e. The summed E-state index contributed by atoms with van der Waals surface area (Å²) in [5, 5.41) is 0. The number of hydrogen-bond donors (Lipinski definition) is 3. The van der Waals surface area contributed by atoms with E-state index in [1.807, 2.05) is 0 Å². The number of hydrogen-bond acceptors (Lipinski definition) is 5. The standard InChI is InChI=1S/C6H12O5S/c1-2-6(7)11-4-3-5-12(8,9)10/h2,8-10H,1,3-5H2. The summed E-state index contributed by atoms with van der Waals surface area (Å²) in [6, 6.07) is 0. The second-order valence-corrected chi connectivity index (χ2v) is 3.73. The molecule has 0 amide bonds. The van der Waals surface area contributed by atoms with Crippen molar-refractivity contribution in [3.8, 4) is 0 Å². The second kappa shape index (κ2) is 5.15. The molecule has 0 spiro atoms. The minimum absolute atomic E-state index is 0.0429. The molecule has 0 saturated carbocycles. The molecule has 72 valence electrons. The van der Waals surface area contributed by atoms with E-state index in [4.69, 9.17) is 13.7 Å². The van der Waals surface area contributed by atoms with Crippen molar-refractivity contribution in [2.75, 3.05) is 12.4 Å². The van der Waals surface area contributed by atoms with E-state index in [1.54, 1.807) is 0 Å². The molecule has 0 saturated heterocycles. The zero-order valence-corrected chi connectivity index (χ0v) is 7.29. The zero-order valence-electron chi connectivity index (χ0n) is 6.47. The summed E-state index contributed by atoms with van der Waals surface area (Å²) in [4.78, 5) is 10.4. The Kier molecular flexibility index (Phi) is 4.91. The van der Waals surface area contributed by atoms with E-state index in [1.165, 1.54) is 0 Å². The summed E-state index contributed by atoms with van der Waals surface area (Å²) in [6.45, 7) is 3.21. The Bertz CT molecular complexity index is 162. The predicted molar refractivity (Wildman–Crippen MR) is 46.1 cm³/mol. The third-order valence-electron chi connectivity index (χ3n) is 0.974. The normalized spacial score (nSPS) is 12.2. The maximum atomic E-state index is 10.4. The van der Waals surface area contributed by atoms with Gasteiger partial charge in [-0.15, -0.1) is 0 Å². The van der Waals surface area contributed by atoms with Crippen LogP contribution in [0.3, 0.4) is 0 Å². The van der Waals surface area contributed by atoms with Crippen LogP contribution in [0.2, 0.25) is 0 Å².